The highest BCUT2D eigenvalue weighted by molar-refractivity contribution is 9.10. The van der Waals surface area contributed by atoms with E-state index in [1.807, 2.05) is 42.6 Å². The summed E-state index contributed by atoms with van der Waals surface area (Å²) in [5, 5.41) is 9.87. The van der Waals surface area contributed by atoms with Crippen LogP contribution in [0.1, 0.15) is 12.0 Å². The number of aryl methyl sites for hydroxylation is 1. The van der Waals surface area contributed by atoms with Gasteiger partial charge in [-0.2, -0.15) is 0 Å². The molecule has 0 amide bonds. The van der Waals surface area contributed by atoms with E-state index in [2.05, 4.69) is 20.9 Å². The number of ether oxygens (including phenoxy) is 1. The van der Waals surface area contributed by atoms with Crippen molar-refractivity contribution in [3.8, 4) is 5.75 Å². The lowest BCUT2D eigenvalue weighted by Crippen LogP contribution is -2.18. The Morgan fingerprint density at radius 2 is 2.00 bits per heavy atom. The maximum atomic E-state index is 9.87. The Morgan fingerprint density at radius 1 is 1.21 bits per heavy atom. The SMILES string of the molecule is O[C@@H](CCc1cccnc1)COc1ccc(Br)cc1. The van der Waals surface area contributed by atoms with Gasteiger partial charge in [0, 0.05) is 16.9 Å². The lowest BCUT2D eigenvalue weighted by atomic mass is 10.1. The molecule has 2 rings (SSSR count). The molecule has 0 unspecified atom stereocenters. The summed E-state index contributed by atoms with van der Waals surface area (Å²) < 4.78 is 6.54. The van der Waals surface area contributed by atoms with Crippen molar-refractivity contribution in [3.63, 3.8) is 0 Å². The van der Waals surface area contributed by atoms with E-state index in [4.69, 9.17) is 4.74 Å². The number of nitrogens with zero attached hydrogens (tertiary/aromatic N) is 1. The molecule has 0 aliphatic rings. The van der Waals surface area contributed by atoms with Crippen molar-refractivity contribution in [2.75, 3.05) is 6.61 Å². The molecule has 1 N–H and O–H groups in total. The minimum absolute atomic E-state index is 0.307. The Morgan fingerprint density at radius 3 is 2.68 bits per heavy atom. The van der Waals surface area contributed by atoms with Gasteiger partial charge in [-0.25, -0.2) is 0 Å². The summed E-state index contributed by atoms with van der Waals surface area (Å²) in [6.45, 7) is 0.307. The molecule has 1 heterocycles. The average molecular weight is 322 g/mol. The standard InChI is InChI=1S/C15H16BrNO2/c16-13-4-7-15(8-5-13)19-11-14(18)6-3-12-2-1-9-17-10-12/h1-2,4-5,7-10,14,18H,3,6,11H2/t14-/m0/s1. The molecule has 0 radical (unpaired) electrons. The van der Waals surface area contributed by atoms with Gasteiger partial charge in [0.15, 0.2) is 0 Å². The fourth-order valence-corrected chi connectivity index (χ4v) is 1.95. The van der Waals surface area contributed by atoms with Gasteiger partial charge >= 0.3 is 0 Å². The average Bonchev–Trinajstić information content (AvgIpc) is 2.45. The number of benzene rings is 1. The Kier molecular flexibility index (Phi) is 5.36. The summed E-state index contributed by atoms with van der Waals surface area (Å²) in [7, 11) is 0. The van der Waals surface area contributed by atoms with Gasteiger partial charge in [0.05, 0.1) is 6.10 Å². The Hall–Kier alpha value is -1.39. The molecule has 19 heavy (non-hydrogen) atoms. The first-order valence-corrected chi connectivity index (χ1v) is 6.98. The van der Waals surface area contributed by atoms with Crippen LogP contribution < -0.4 is 4.74 Å². The van der Waals surface area contributed by atoms with Gasteiger partial charge in [0.2, 0.25) is 0 Å². The van der Waals surface area contributed by atoms with E-state index in [0.717, 1.165) is 22.2 Å². The molecule has 0 bridgehead atoms. The Balaban J connectivity index is 1.72. The molecule has 0 aliphatic heterocycles. The third-order valence-electron chi connectivity index (χ3n) is 2.75. The second kappa shape index (κ2) is 7.26. The second-order valence-corrected chi connectivity index (χ2v) is 5.23. The first-order valence-electron chi connectivity index (χ1n) is 6.19. The van der Waals surface area contributed by atoms with E-state index < -0.39 is 6.10 Å². The van der Waals surface area contributed by atoms with Crippen LogP contribution in [0.3, 0.4) is 0 Å². The largest absolute Gasteiger partial charge is 0.491 e. The summed E-state index contributed by atoms with van der Waals surface area (Å²) in [6, 6.07) is 11.5. The van der Waals surface area contributed by atoms with Crippen molar-refractivity contribution in [1.29, 1.82) is 0 Å². The van der Waals surface area contributed by atoms with Gasteiger partial charge in [-0.15, -0.1) is 0 Å². The number of aliphatic hydroxyl groups excluding tert-OH is 1. The number of hydrogen-bond donors (Lipinski definition) is 1. The Labute approximate surface area is 121 Å². The van der Waals surface area contributed by atoms with Crippen LogP contribution >= 0.6 is 15.9 Å². The smallest absolute Gasteiger partial charge is 0.119 e. The summed E-state index contributed by atoms with van der Waals surface area (Å²) in [5.74, 6) is 0.767. The predicted molar refractivity (Wildman–Crippen MR) is 78.2 cm³/mol. The van der Waals surface area contributed by atoms with Crippen LogP contribution in [0.15, 0.2) is 53.3 Å². The summed E-state index contributed by atoms with van der Waals surface area (Å²) in [5.41, 5.74) is 1.13. The van der Waals surface area contributed by atoms with Gasteiger partial charge in [-0.1, -0.05) is 22.0 Å². The van der Waals surface area contributed by atoms with E-state index in [-0.39, 0.29) is 0 Å². The monoisotopic (exact) mass is 321 g/mol. The molecule has 4 heteroatoms. The van der Waals surface area contributed by atoms with Crippen molar-refractivity contribution in [2.45, 2.75) is 18.9 Å². The molecule has 100 valence electrons. The number of pyridine rings is 1. The molecule has 1 aromatic carbocycles. The molecule has 2 aromatic rings. The zero-order valence-corrected chi connectivity index (χ0v) is 12.1. The molecule has 0 aliphatic carbocycles. The van der Waals surface area contributed by atoms with Crippen LogP contribution in [0.25, 0.3) is 0 Å². The maximum absolute atomic E-state index is 9.87. The third kappa shape index (κ3) is 5.01. The molecule has 0 spiro atoms. The van der Waals surface area contributed by atoms with Crippen LogP contribution in [-0.4, -0.2) is 22.8 Å². The van der Waals surface area contributed by atoms with Crippen molar-refractivity contribution >= 4 is 15.9 Å². The normalized spacial score (nSPS) is 12.1. The fourth-order valence-electron chi connectivity index (χ4n) is 1.69. The quantitative estimate of drug-likeness (QED) is 0.888. The van der Waals surface area contributed by atoms with Crippen LogP contribution in [0, 0.1) is 0 Å². The van der Waals surface area contributed by atoms with Crippen LogP contribution in [0.2, 0.25) is 0 Å². The number of rotatable bonds is 6. The summed E-state index contributed by atoms with van der Waals surface area (Å²) in [4.78, 5) is 4.05. The molecule has 1 aromatic heterocycles. The molecule has 0 saturated heterocycles. The van der Waals surface area contributed by atoms with E-state index in [1.165, 1.54) is 0 Å². The van der Waals surface area contributed by atoms with E-state index in [1.54, 1.807) is 6.20 Å². The highest BCUT2D eigenvalue weighted by Crippen LogP contribution is 2.16. The van der Waals surface area contributed by atoms with Gasteiger partial charge in [-0.3, -0.25) is 4.98 Å². The van der Waals surface area contributed by atoms with E-state index >= 15 is 0 Å². The molecular formula is C15H16BrNO2. The third-order valence-corrected chi connectivity index (χ3v) is 3.27. The molecule has 1 atom stereocenters. The predicted octanol–water partition coefficient (Wildman–Crippen LogP) is 3.22. The highest BCUT2D eigenvalue weighted by Gasteiger charge is 2.06. The lowest BCUT2D eigenvalue weighted by Gasteiger charge is -2.12. The van der Waals surface area contributed by atoms with Crippen molar-refractivity contribution in [2.24, 2.45) is 0 Å². The first kappa shape index (κ1) is 14.0. The molecule has 0 saturated carbocycles. The van der Waals surface area contributed by atoms with Crippen LogP contribution in [0.4, 0.5) is 0 Å². The summed E-state index contributed by atoms with van der Waals surface area (Å²) in [6.07, 6.45) is 4.57. The number of halogens is 1. The van der Waals surface area contributed by atoms with Crippen molar-refractivity contribution < 1.29 is 9.84 Å². The van der Waals surface area contributed by atoms with Crippen LogP contribution in [-0.2, 0) is 6.42 Å². The second-order valence-electron chi connectivity index (χ2n) is 4.32. The van der Waals surface area contributed by atoms with Crippen molar-refractivity contribution in [1.82, 2.24) is 4.98 Å². The highest BCUT2D eigenvalue weighted by atomic mass is 79.9. The zero-order chi connectivity index (χ0) is 13.5. The van der Waals surface area contributed by atoms with Gasteiger partial charge in [0.25, 0.3) is 0 Å². The minimum Gasteiger partial charge on any atom is -0.491 e. The van der Waals surface area contributed by atoms with Gasteiger partial charge in [-0.05, 0) is 48.7 Å². The van der Waals surface area contributed by atoms with Crippen molar-refractivity contribution in [3.05, 3.63) is 58.8 Å². The van der Waals surface area contributed by atoms with Crippen LogP contribution in [0.5, 0.6) is 5.75 Å². The van der Waals surface area contributed by atoms with Gasteiger partial charge in [0.1, 0.15) is 12.4 Å². The van der Waals surface area contributed by atoms with Gasteiger partial charge < -0.3 is 9.84 Å². The Bertz CT molecular complexity index is 487. The van der Waals surface area contributed by atoms with E-state index in [0.29, 0.717) is 13.0 Å². The number of aliphatic hydroxyl groups is 1. The fraction of sp³-hybridized carbons (Fsp3) is 0.267. The lowest BCUT2D eigenvalue weighted by molar-refractivity contribution is 0.100. The molecular weight excluding hydrogens is 306 g/mol. The minimum atomic E-state index is -0.469. The first-order chi connectivity index (χ1) is 9.24. The number of aromatic nitrogens is 1. The zero-order valence-electron chi connectivity index (χ0n) is 10.5. The van der Waals surface area contributed by atoms with E-state index in [9.17, 15) is 5.11 Å². The molecule has 3 nitrogen and oxygen atoms in total. The maximum Gasteiger partial charge on any atom is 0.119 e. The summed E-state index contributed by atoms with van der Waals surface area (Å²) >= 11 is 3.37. The number of hydrogen-bond acceptors (Lipinski definition) is 3. The molecule has 0 fully saturated rings. The topological polar surface area (TPSA) is 42.4 Å².